The quantitative estimate of drug-likeness (QED) is 0.592. The Hall–Kier alpha value is -1.02. The van der Waals surface area contributed by atoms with Crippen molar-refractivity contribution < 1.29 is 9.53 Å². The standard InChI is InChI=1S/C8H5ClO2/c9-5-2-1-3-7-8(5)6(10)4-11-7/h1-3H,4H2. The van der Waals surface area contributed by atoms with Crippen LogP contribution in [-0.2, 0) is 0 Å². The van der Waals surface area contributed by atoms with Crippen LogP contribution in [0.25, 0.3) is 0 Å². The summed E-state index contributed by atoms with van der Waals surface area (Å²) in [5.41, 5.74) is 0.522. The van der Waals surface area contributed by atoms with Crippen LogP contribution in [0.15, 0.2) is 18.2 Å². The molecule has 0 spiro atoms. The van der Waals surface area contributed by atoms with Gasteiger partial charge in [0, 0.05) is 0 Å². The van der Waals surface area contributed by atoms with Crippen molar-refractivity contribution in [2.24, 2.45) is 0 Å². The first-order valence-corrected chi connectivity index (χ1v) is 3.61. The minimum Gasteiger partial charge on any atom is -0.485 e. The van der Waals surface area contributed by atoms with E-state index in [-0.39, 0.29) is 12.4 Å². The highest BCUT2D eigenvalue weighted by atomic mass is 35.5. The van der Waals surface area contributed by atoms with E-state index >= 15 is 0 Å². The number of carbonyl (C=O) groups excluding carboxylic acids is 1. The van der Waals surface area contributed by atoms with Crippen LogP contribution in [0.5, 0.6) is 5.75 Å². The Morgan fingerprint density at radius 1 is 1.45 bits per heavy atom. The zero-order valence-corrected chi connectivity index (χ0v) is 6.39. The molecular formula is C8H5ClO2. The number of carbonyl (C=O) groups is 1. The van der Waals surface area contributed by atoms with E-state index in [0.29, 0.717) is 16.3 Å². The average Bonchev–Trinajstić information content (AvgIpc) is 2.34. The number of fused-ring (bicyclic) bond motifs is 1. The second-order valence-corrected chi connectivity index (χ2v) is 2.73. The Morgan fingerprint density at radius 2 is 2.27 bits per heavy atom. The van der Waals surface area contributed by atoms with Gasteiger partial charge in [-0.15, -0.1) is 0 Å². The van der Waals surface area contributed by atoms with Gasteiger partial charge in [-0.3, -0.25) is 4.79 Å². The first kappa shape index (κ1) is 6.68. The molecule has 11 heavy (non-hydrogen) atoms. The van der Waals surface area contributed by atoms with Crippen molar-refractivity contribution in [2.75, 3.05) is 6.61 Å². The van der Waals surface area contributed by atoms with E-state index in [1.54, 1.807) is 18.2 Å². The maximum atomic E-state index is 11.1. The van der Waals surface area contributed by atoms with E-state index in [9.17, 15) is 4.79 Å². The lowest BCUT2D eigenvalue weighted by molar-refractivity contribution is 0.0961. The molecule has 1 aliphatic heterocycles. The smallest absolute Gasteiger partial charge is 0.205 e. The van der Waals surface area contributed by atoms with Crippen molar-refractivity contribution in [1.82, 2.24) is 0 Å². The fourth-order valence-electron chi connectivity index (χ4n) is 1.11. The molecule has 0 radical (unpaired) electrons. The summed E-state index contributed by atoms with van der Waals surface area (Å²) < 4.78 is 5.06. The summed E-state index contributed by atoms with van der Waals surface area (Å²) in [5.74, 6) is 0.563. The van der Waals surface area contributed by atoms with Crippen LogP contribution in [-0.4, -0.2) is 12.4 Å². The molecule has 0 unspecified atom stereocenters. The molecule has 0 N–H and O–H groups in total. The largest absolute Gasteiger partial charge is 0.485 e. The van der Waals surface area contributed by atoms with Crippen molar-refractivity contribution >= 4 is 17.4 Å². The number of ketones is 1. The third kappa shape index (κ3) is 0.906. The molecule has 0 bridgehead atoms. The first-order valence-electron chi connectivity index (χ1n) is 3.23. The Balaban J connectivity index is 2.68. The van der Waals surface area contributed by atoms with E-state index in [1.807, 2.05) is 0 Å². The number of halogens is 1. The van der Waals surface area contributed by atoms with Gasteiger partial charge >= 0.3 is 0 Å². The molecule has 2 nitrogen and oxygen atoms in total. The Kier molecular flexibility index (Phi) is 1.36. The molecule has 1 aromatic rings. The third-order valence-corrected chi connectivity index (χ3v) is 1.93. The van der Waals surface area contributed by atoms with Crippen molar-refractivity contribution in [1.29, 1.82) is 0 Å². The fraction of sp³-hybridized carbons (Fsp3) is 0.125. The second kappa shape index (κ2) is 2.24. The van der Waals surface area contributed by atoms with Gasteiger partial charge in [0.15, 0.2) is 6.61 Å². The molecule has 56 valence electrons. The van der Waals surface area contributed by atoms with E-state index in [4.69, 9.17) is 16.3 Å². The third-order valence-electron chi connectivity index (χ3n) is 1.61. The number of rotatable bonds is 0. The van der Waals surface area contributed by atoms with Gasteiger partial charge in [-0.1, -0.05) is 17.7 Å². The molecule has 0 saturated carbocycles. The molecule has 1 aromatic carbocycles. The number of hydrogen-bond donors (Lipinski definition) is 0. The first-order chi connectivity index (χ1) is 5.29. The van der Waals surface area contributed by atoms with E-state index < -0.39 is 0 Å². The lowest BCUT2D eigenvalue weighted by atomic mass is 10.1. The van der Waals surface area contributed by atoms with Gasteiger partial charge in [-0.2, -0.15) is 0 Å². The SMILES string of the molecule is O=C1COc2cccc(Cl)c21. The predicted octanol–water partition coefficient (Wildman–Crippen LogP) is 1.92. The summed E-state index contributed by atoms with van der Waals surface area (Å²) in [6, 6.07) is 5.19. The molecule has 0 aliphatic carbocycles. The molecule has 0 amide bonds. The Bertz CT molecular complexity index is 320. The summed E-state index contributed by atoms with van der Waals surface area (Å²) in [5, 5.41) is 0.477. The van der Waals surface area contributed by atoms with E-state index in [0.717, 1.165) is 0 Å². The fourth-order valence-corrected chi connectivity index (χ4v) is 1.38. The molecule has 0 fully saturated rings. The van der Waals surface area contributed by atoms with Gasteiger partial charge in [-0.25, -0.2) is 0 Å². The highest BCUT2D eigenvalue weighted by Gasteiger charge is 2.23. The van der Waals surface area contributed by atoms with Crippen LogP contribution >= 0.6 is 11.6 Å². The Labute approximate surface area is 68.7 Å². The van der Waals surface area contributed by atoms with Crippen LogP contribution in [0.2, 0.25) is 5.02 Å². The molecule has 0 atom stereocenters. The summed E-state index contributed by atoms with van der Waals surface area (Å²) >= 11 is 5.76. The molecular weight excluding hydrogens is 164 g/mol. The molecule has 0 saturated heterocycles. The monoisotopic (exact) mass is 168 g/mol. The molecule has 0 aromatic heterocycles. The maximum Gasteiger partial charge on any atom is 0.205 e. The highest BCUT2D eigenvalue weighted by molar-refractivity contribution is 6.34. The van der Waals surface area contributed by atoms with Gasteiger partial charge in [0.25, 0.3) is 0 Å². The molecule has 2 rings (SSSR count). The van der Waals surface area contributed by atoms with Crippen molar-refractivity contribution in [3.63, 3.8) is 0 Å². The summed E-state index contributed by atoms with van der Waals surface area (Å²) in [6.45, 7) is 0.124. The molecule has 3 heteroatoms. The van der Waals surface area contributed by atoms with Crippen LogP contribution in [0, 0.1) is 0 Å². The van der Waals surface area contributed by atoms with Crippen LogP contribution < -0.4 is 4.74 Å². The summed E-state index contributed by atoms with van der Waals surface area (Å²) in [4.78, 5) is 11.1. The van der Waals surface area contributed by atoms with Crippen LogP contribution in [0.3, 0.4) is 0 Å². The zero-order chi connectivity index (χ0) is 7.84. The van der Waals surface area contributed by atoms with Crippen molar-refractivity contribution in [3.05, 3.63) is 28.8 Å². The predicted molar refractivity (Wildman–Crippen MR) is 41.3 cm³/mol. The van der Waals surface area contributed by atoms with Crippen molar-refractivity contribution in [3.8, 4) is 5.75 Å². The summed E-state index contributed by atoms with van der Waals surface area (Å²) in [6.07, 6.45) is 0. The van der Waals surface area contributed by atoms with Gasteiger partial charge in [-0.05, 0) is 12.1 Å². The lowest BCUT2D eigenvalue weighted by Crippen LogP contribution is -1.99. The van der Waals surface area contributed by atoms with E-state index in [1.165, 1.54) is 0 Å². The van der Waals surface area contributed by atoms with Gasteiger partial charge in [0.2, 0.25) is 5.78 Å². The van der Waals surface area contributed by atoms with Gasteiger partial charge < -0.3 is 4.74 Å². The van der Waals surface area contributed by atoms with Crippen LogP contribution in [0.1, 0.15) is 10.4 Å². The van der Waals surface area contributed by atoms with Gasteiger partial charge in [0.1, 0.15) is 5.75 Å². The molecule has 1 aliphatic rings. The number of ether oxygens (including phenoxy) is 1. The highest BCUT2D eigenvalue weighted by Crippen LogP contribution is 2.30. The topological polar surface area (TPSA) is 26.3 Å². The maximum absolute atomic E-state index is 11.1. The molecule has 1 heterocycles. The number of benzene rings is 1. The van der Waals surface area contributed by atoms with Gasteiger partial charge in [0.05, 0.1) is 10.6 Å². The van der Waals surface area contributed by atoms with Crippen molar-refractivity contribution in [2.45, 2.75) is 0 Å². The summed E-state index contributed by atoms with van der Waals surface area (Å²) in [7, 11) is 0. The normalized spacial score (nSPS) is 14.5. The van der Waals surface area contributed by atoms with E-state index in [2.05, 4.69) is 0 Å². The lowest BCUT2D eigenvalue weighted by Gasteiger charge is -1.96. The number of Topliss-reactive ketones (excluding diaryl/α,β-unsaturated/α-hetero) is 1. The average molecular weight is 169 g/mol. The minimum atomic E-state index is -0.0365. The van der Waals surface area contributed by atoms with Crippen LogP contribution in [0.4, 0.5) is 0 Å². The zero-order valence-electron chi connectivity index (χ0n) is 5.63. The second-order valence-electron chi connectivity index (χ2n) is 2.32. The number of hydrogen-bond acceptors (Lipinski definition) is 2. The minimum absolute atomic E-state index is 0.0365. The Morgan fingerprint density at radius 3 is 3.00 bits per heavy atom.